The Morgan fingerprint density at radius 3 is 2.88 bits per heavy atom. The Balaban J connectivity index is 1.92. The molecular formula is C13H18N2O2. The van der Waals surface area contributed by atoms with E-state index in [4.69, 9.17) is 9.47 Å². The molecule has 1 saturated heterocycles. The molecule has 2 aliphatic rings. The van der Waals surface area contributed by atoms with Crippen molar-refractivity contribution in [3.63, 3.8) is 0 Å². The third-order valence-electron chi connectivity index (χ3n) is 3.30. The van der Waals surface area contributed by atoms with Crippen molar-refractivity contribution < 1.29 is 9.47 Å². The lowest BCUT2D eigenvalue weighted by Gasteiger charge is -2.31. The topological polar surface area (TPSA) is 33.7 Å². The number of rotatable bonds is 1. The maximum absolute atomic E-state index is 5.71. The summed E-state index contributed by atoms with van der Waals surface area (Å²) in [6.45, 7) is 6.19. The Morgan fingerprint density at radius 2 is 2.00 bits per heavy atom. The minimum Gasteiger partial charge on any atom is -0.491 e. The molecule has 0 amide bonds. The highest BCUT2D eigenvalue weighted by atomic mass is 16.5. The Kier molecular flexibility index (Phi) is 3.16. The number of nitrogens with one attached hydrogen (secondary N) is 1. The Labute approximate surface area is 102 Å². The van der Waals surface area contributed by atoms with Gasteiger partial charge in [0.15, 0.2) is 0 Å². The van der Waals surface area contributed by atoms with Gasteiger partial charge >= 0.3 is 0 Å². The number of ether oxygens (including phenoxy) is 2. The highest BCUT2D eigenvalue weighted by Gasteiger charge is 2.18. The van der Waals surface area contributed by atoms with Crippen LogP contribution in [0.2, 0.25) is 0 Å². The minimum absolute atomic E-state index is 0.651. The van der Waals surface area contributed by atoms with Crippen LogP contribution in [-0.2, 0) is 11.3 Å². The molecule has 2 aliphatic heterocycles. The van der Waals surface area contributed by atoms with Crippen LogP contribution >= 0.6 is 0 Å². The molecule has 0 spiro atoms. The Bertz CT molecular complexity index is 389. The van der Waals surface area contributed by atoms with E-state index in [9.17, 15) is 0 Å². The van der Waals surface area contributed by atoms with Crippen molar-refractivity contribution in [3.8, 4) is 5.75 Å². The van der Waals surface area contributed by atoms with Gasteiger partial charge in [0.25, 0.3) is 0 Å². The molecule has 4 nitrogen and oxygen atoms in total. The van der Waals surface area contributed by atoms with Crippen molar-refractivity contribution >= 4 is 5.69 Å². The average Bonchev–Trinajstić information content (AvgIpc) is 2.64. The zero-order valence-electron chi connectivity index (χ0n) is 9.95. The molecule has 1 aromatic carbocycles. The number of hydrogen-bond donors (Lipinski definition) is 1. The van der Waals surface area contributed by atoms with Gasteiger partial charge in [0.05, 0.1) is 13.2 Å². The lowest BCUT2D eigenvalue weighted by Crippen LogP contribution is -2.43. The number of fused-ring (bicyclic) bond motifs is 1. The van der Waals surface area contributed by atoms with Crippen LogP contribution in [0.1, 0.15) is 5.56 Å². The van der Waals surface area contributed by atoms with E-state index in [1.165, 1.54) is 11.3 Å². The van der Waals surface area contributed by atoms with E-state index in [2.05, 4.69) is 22.3 Å². The molecule has 17 heavy (non-hydrogen) atoms. The molecular weight excluding hydrogens is 216 g/mol. The van der Waals surface area contributed by atoms with Crippen molar-refractivity contribution in [1.82, 2.24) is 5.32 Å². The molecule has 0 radical (unpaired) electrons. The second-order valence-corrected chi connectivity index (χ2v) is 4.39. The minimum atomic E-state index is 0.651. The van der Waals surface area contributed by atoms with Crippen molar-refractivity contribution in [3.05, 3.63) is 23.8 Å². The summed E-state index contributed by atoms with van der Waals surface area (Å²) >= 11 is 0. The zero-order valence-corrected chi connectivity index (χ0v) is 9.95. The van der Waals surface area contributed by atoms with E-state index in [1.54, 1.807) is 0 Å². The highest BCUT2D eigenvalue weighted by molar-refractivity contribution is 5.59. The maximum Gasteiger partial charge on any atom is 0.127 e. The second-order valence-electron chi connectivity index (χ2n) is 4.39. The fraction of sp³-hybridized carbons (Fsp3) is 0.538. The van der Waals surface area contributed by atoms with Gasteiger partial charge in [-0.25, -0.2) is 0 Å². The van der Waals surface area contributed by atoms with Crippen molar-refractivity contribution in [1.29, 1.82) is 0 Å². The SMILES string of the molecule is c1cc2c(c(N3CCNCC3)c1)COCCO2. The molecule has 1 fully saturated rings. The molecule has 0 saturated carbocycles. The van der Waals surface area contributed by atoms with E-state index in [-0.39, 0.29) is 0 Å². The molecule has 2 heterocycles. The summed E-state index contributed by atoms with van der Waals surface area (Å²) in [6, 6.07) is 6.28. The van der Waals surface area contributed by atoms with Crippen LogP contribution < -0.4 is 15.0 Å². The second kappa shape index (κ2) is 4.94. The summed E-state index contributed by atoms with van der Waals surface area (Å²) in [7, 11) is 0. The summed E-state index contributed by atoms with van der Waals surface area (Å²) in [6.07, 6.45) is 0. The van der Waals surface area contributed by atoms with Crippen molar-refractivity contribution in [2.75, 3.05) is 44.3 Å². The number of hydrogen-bond acceptors (Lipinski definition) is 4. The lowest BCUT2D eigenvalue weighted by molar-refractivity contribution is 0.107. The first-order chi connectivity index (χ1) is 8.45. The number of benzene rings is 1. The van der Waals surface area contributed by atoms with Crippen LogP contribution in [0.5, 0.6) is 5.75 Å². The molecule has 1 aromatic rings. The van der Waals surface area contributed by atoms with Gasteiger partial charge in [-0.05, 0) is 12.1 Å². The number of anilines is 1. The van der Waals surface area contributed by atoms with Crippen LogP contribution in [-0.4, -0.2) is 39.4 Å². The van der Waals surface area contributed by atoms with Gasteiger partial charge in [-0.1, -0.05) is 6.07 Å². The van der Waals surface area contributed by atoms with Gasteiger partial charge in [0.1, 0.15) is 12.4 Å². The quantitative estimate of drug-likeness (QED) is 0.786. The third-order valence-corrected chi connectivity index (χ3v) is 3.30. The van der Waals surface area contributed by atoms with E-state index in [1.807, 2.05) is 6.07 Å². The van der Waals surface area contributed by atoms with Gasteiger partial charge in [-0.3, -0.25) is 0 Å². The average molecular weight is 234 g/mol. The first-order valence-corrected chi connectivity index (χ1v) is 6.23. The van der Waals surface area contributed by atoms with Gasteiger partial charge in [-0.2, -0.15) is 0 Å². The summed E-state index contributed by atoms with van der Waals surface area (Å²) in [4.78, 5) is 2.41. The summed E-state index contributed by atoms with van der Waals surface area (Å²) in [5, 5.41) is 3.37. The lowest BCUT2D eigenvalue weighted by atomic mass is 10.1. The first-order valence-electron chi connectivity index (χ1n) is 6.23. The molecule has 0 bridgehead atoms. The standard InChI is InChI=1S/C13H18N2O2/c1-2-12(15-6-4-14-5-7-15)11-10-16-8-9-17-13(11)3-1/h1-3,14H,4-10H2. The predicted octanol–water partition coefficient (Wildman–Crippen LogP) is 1.01. The molecule has 92 valence electrons. The predicted molar refractivity (Wildman–Crippen MR) is 66.7 cm³/mol. The summed E-state index contributed by atoms with van der Waals surface area (Å²) in [5.74, 6) is 0.985. The van der Waals surface area contributed by atoms with E-state index in [0.717, 1.165) is 31.9 Å². The summed E-state index contributed by atoms with van der Waals surface area (Å²) in [5.41, 5.74) is 2.47. The number of nitrogens with zero attached hydrogens (tertiary/aromatic N) is 1. The molecule has 4 heteroatoms. The summed E-state index contributed by atoms with van der Waals surface area (Å²) < 4.78 is 11.3. The normalized spacial score (nSPS) is 20.4. The maximum atomic E-state index is 5.71. The van der Waals surface area contributed by atoms with Gasteiger partial charge < -0.3 is 19.7 Å². The van der Waals surface area contributed by atoms with Crippen LogP contribution in [0.25, 0.3) is 0 Å². The molecule has 0 aromatic heterocycles. The third kappa shape index (κ3) is 2.23. The first kappa shape index (κ1) is 10.9. The molecule has 1 N–H and O–H groups in total. The van der Waals surface area contributed by atoms with Crippen LogP contribution in [0.15, 0.2) is 18.2 Å². The highest BCUT2D eigenvalue weighted by Crippen LogP contribution is 2.31. The number of piperazine rings is 1. The van der Waals surface area contributed by atoms with E-state index >= 15 is 0 Å². The fourth-order valence-electron chi connectivity index (χ4n) is 2.42. The largest absolute Gasteiger partial charge is 0.491 e. The van der Waals surface area contributed by atoms with Gasteiger partial charge in [-0.15, -0.1) is 0 Å². The molecule has 3 rings (SSSR count). The van der Waals surface area contributed by atoms with Crippen LogP contribution in [0, 0.1) is 0 Å². The van der Waals surface area contributed by atoms with Gasteiger partial charge in [0, 0.05) is 37.4 Å². The molecule has 0 aliphatic carbocycles. The van der Waals surface area contributed by atoms with Gasteiger partial charge in [0.2, 0.25) is 0 Å². The molecule has 0 atom stereocenters. The van der Waals surface area contributed by atoms with Crippen molar-refractivity contribution in [2.45, 2.75) is 6.61 Å². The van der Waals surface area contributed by atoms with Crippen LogP contribution in [0.3, 0.4) is 0 Å². The van der Waals surface area contributed by atoms with Crippen LogP contribution in [0.4, 0.5) is 5.69 Å². The van der Waals surface area contributed by atoms with E-state index in [0.29, 0.717) is 19.8 Å². The zero-order chi connectivity index (χ0) is 11.5. The Hall–Kier alpha value is -1.26. The Morgan fingerprint density at radius 1 is 1.12 bits per heavy atom. The monoisotopic (exact) mass is 234 g/mol. The van der Waals surface area contributed by atoms with E-state index < -0.39 is 0 Å². The fourth-order valence-corrected chi connectivity index (χ4v) is 2.42. The van der Waals surface area contributed by atoms with Crippen molar-refractivity contribution in [2.24, 2.45) is 0 Å². The molecule has 0 unspecified atom stereocenters. The smallest absolute Gasteiger partial charge is 0.127 e.